The number of nitrogen functional groups attached to an aromatic ring is 2. The highest BCUT2D eigenvalue weighted by atomic mass is 16.3. The van der Waals surface area contributed by atoms with Gasteiger partial charge in [0.25, 0.3) is 11.5 Å². The van der Waals surface area contributed by atoms with Crippen LogP contribution in [0.15, 0.2) is 53.5 Å². The van der Waals surface area contributed by atoms with Gasteiger partial charge in [-0.2, -0.15) is 0 Å². The van der Waals surface area contributed by atoms with Gasteiger partial charge in [-0.3, -0.25) is 24.4 Å². The lowest BCUT2D eigenvalue weighted by Gasteiger charge is -2.18. The van der Waals surface area contributed by atoms with Gasteiger partial charge in [-0.25, -0.2) is 4.98 Å². The molecule has 2 aromatic carbocycles. The standard InChI is InChI=1S/C28H36N8O4/c1-4-16(2)35-27(39)21-9-20(10-22(29)11-21)23-13-33-26(34-17(3)15-37)28(40)36(23)14-24(38)32-12-18-5-7-19(8-6-18)25(30)31/h5-11,13,16-17,37H,4,12,14-15,29H2,1-3H3,(H3,30,31)(H,32,38)(H,33,34)(H,35,39)/t16?,17-/m0/s1. The molecule has 212 valence electrons. The van der Waals surface area contributed by atoms with E-state index in [0.717, 1.165) is 12.0 Å². The Bertz CT molecular complexity index is 1440. The molecule has 2 atom stereocenters. The van der Waals surface area contributed by atoms with E-state index in [-0.39, 0.29) is 49.0 Å². The summed E-state index contributed by atoms with van der Waals surface area (Å²) >= 11 is 0. The van der Waals surface area contributed by atoms with Crippen LogP contribution in [0.4, 0.5) is 11.5 Å². The van der Waals surface area contributed by atoms with Crippen LogP contribution in [-0.4, -0.2) is 51.0 Å². The third-order valence-electron chi connectivity index (χ3n) is 6.27. The largest absolute Gasteiger partial charge is 0.399 e. The topological polar surface area (TPSA) is 201 Å². The van der Waals surface area contributed by atoms with Crippen molar-refractivity contribution in [2.24, 2.45) is 5.73 Å². The predicted molar refractivity (Wildman–Crippen MR) is 155 cm³/mol. The second kappa shape index (κ2) is 13.4. The molecular weight excluding hydrogens is 512 g/mol. The lowest BCUT2D eigenvalue weighted by Crippen LogP contribution is -2.35. The highest BCUT2D eigenvalue weighted by molar-refractivity contribution is 5.97. The molecule has 12 nitrogen and oxygen atoms in total. The van der Waals surface area contributed by atoms with Crippen LogP contribution in [0.5, 0.6) is 0 Å². The number of aliphatic hydroxyl groups excluding tert-OH is 1. The van der Waals surface area contributed by atoms with Crippen molar-refractivity contribution in [3.63, 3.8) is 0 Å². The molecule has 0 aliphatic carbocycles. The molecule has 9 N–H and O–H groups in total. The van der Waals surface area contributed by atoms with Gasteiger partial charge in [-0.1, -0.05) is 31.2 Å². The van der Waals surface area contributed by atoms with Gasteiger partial charge in [0, 0.05) is 41.0 Å². The zero-order chi connectivity index (χ0) is 29.4. The summed E-state index contributed by atoms with van der Waals surface area (Å²) < 4.78 is 1.25. The second-order valence-electron chi connectivity index (χ2n) is 9.63. The summed E-state index contributed by atoms with van der Waals surface area (Å²) in [6, 6.07) is 11.1. The summed E-state index contributed by atoms with van der Waals surface area (Å²) in [4.78, 5) is 43.5. The van der Waals surface area contributed by atoms with E-state index in [2.05, 4.69) is 20.9 Å². The number of hydrogen-bond donors (Lipinski definition) is 7. The predicted octanol–water partition coefficient (Wildman–Crippen LogP) is 1.41. The Balaban J connectivity index is 1.95. The number of anilines is 2. The van der Waals surface area contributed by atoms with Gasteiger partial charge in [0.15, 0.2) is 5.82 Å². The highest BCUT2D eigenvalue weighted by Gasteiger charge is 2.18. The van der Waals surface area contributed by atoms with Crippen molar-refractivity contribution in [1.82, 2.24) is 20.2 Å². The number of aliphatic hydroxyl groups is 1. The minimum Gasteiger partial charge on any atom is -0.399 e. The summed E-state index contributed by atoms with van der Waals surface area (Å²) in [6.07, 6.45) is 2.17. The van der Waals surface area contributed by atoms with E-state index < -0.39 is 17.5 Å². The van der Waals surface area contributed by atoms with Crippen LogP contribution in [0.1, 0.15) is 48.7 Å². The number of carbonyl (C=O) groups is 2. The first-order chi connectivity index (χ1) is 19.0. The minimum atomic E-state index is -0.577. The quantitative estimate of drug-likeness (QED) is 0.1000. The van der Waals surface area contributed by atoms with Crippen molar-refractivity contribution in [2.45, 2.75) is 52.4 Å². The third-order valence-corrected chi connectivity index (χ3v) is 6.27. The number of nitrogens with zero attached hydrogens (tertiary/aromatic N) is 2. The maximum Gasteiger partial charge on any atom is 0.294 e. The molecule has 0 bridgehead atoms. The zero-order valence-electron chi connectivity index (χ0n) is 22.8. The van der Waals surface area contributed by atoms with Crippen molar-refractivity contribution >= 4 is 29.2 Å². The number of aromatic nitrogens is 2. The lowest BCUT2D eigenvalue weighted by molar-refractivity contribution is -0.121. The Kier molecular flexibility index (Phi) is 9.98. The molecule has 2 amide bonds. The zero-order valence-corrected chi connectivity index (χ0v) is 22.8. The second-order valence-corrected chi connectivity index (χ2v) is 9.63. The molecule has 12 heteroatoms. The van der Waals surface area contributed by atoms with E-state index in [9.17, 15) is 19.5 Å². The maximum atomic E-state index is 13.4. The number of rotatable bonds is 12. The average molecular weight is 549 g/mol. The fourth-order valence-corrected chi connectivity index (χ4v) is 3.80. The molecule has 0 aliphatic rings. The Labute approximate surface area is 232 Å². The van der Waals surface area contributed by atoms with Gasteiger partial charge in [-0.15, -0.1) is 0 Å². The Morgan fingerprint density at radius 1 is 1.10 bits per heavy atom. The smallest absolute Gasteiger partial charge is 0.294 e. The van der Waals surface area contributed by atoms with Crippen LogP contribution >= 0.6 is 0 Å². The molecule has 1 heterocycles. The number of nitrogens with two attached hydrogens (primary N) is 2. The highest BCUT2D eigenvalue weighted by Crippen LogP contribution is 2.23. The van der Waals surface area contributed by atoms with Gasteiger partial charge in [0.2, 0.25) is 5.91 Å². The first-order valence-electron chi connectivity index (χ1n) is 12.9. The van der Waals surface area contributed by atoms with Crippen molar-refractivity contribution in [1.29, 1.82) is 5.41 Å². The fourth-order valence-electron chi connectivity index (χ4n) is 3.80. The van der Waals surface area contributed by atoms with Gasteiger partial charge < -0.3 is 32.5 Å². The van der Waals surface area contributed by atoms with Gasteiger partial charge in [-0.05, 0) is 44.0 Å². The SMILES string of the molecule is CCC(C)NC(=O)c1cc(N)cc(-c2cnc(N[C@@H](C)CO)c(=O)n2CC(=O)NCc2ccc(C(=N)N)cc2)c1. The van der Waals surface area contributed by atoms with Crippen LogP contribution in [0, 0.1) is 5.41 Å². The Morgan fingerprint density at radius 2 is 1.80 bits per heavy atom. The molecule has 0 fully saturated rings. The molecule has 0 radical (unpaired) electrons. The summed E-state index contributed by atoms with van der Waals surface area (Å²) in [5.41, 5.74) is 13.7. The molecule has 0 aliphatic heterocycles. The van der Waals surface area contributed by atoms with E-state index in [1.54, 1.807) is 49.4 Å². The van der Waals surface area contributed by atoms with E-state index in [0.29, 0.717) is 22.4 Å². The first-order valence-corrected chi connectivity index (χ1v) is 12.9. The maximum absolute atomic E-state index is 13.4. The third kappa shape index (κ3) is 7.67. The Hall–Kier alpha value is -4.71. The van der Waals surface area contributed by atoms with Crippen LogP contribution < -0.4 is 33.0 Å². The number of carbonyl (C=O) groups excluding carboxylic acids is 2. The summed E-state index contributed by atoms with van der Waals surface area (Å²) in [7, 11) is 0. The normalized spacial score (nSPS) is 12.3. The monoisotopic (exact) mass is 548 g/mol. The minimum absolute atomic E-state index is 0.0310. The van der Waals surface area contributed by atoms with E-state index in [1.807, 2.05) is 13.8 Å². The van der Waals surface area contributed by atoms with E-state index in [4.69, 9.17) is 16.9 Å². The summed E-state index contributed by atoms with van der Waals surface area (Å²) in [5.74, 6) is -0.836. The van der Waals surface area contributed by atoms with E-state index >= 15 is 0 Å². The molecule has 0 saturated heterocycles. The van der Waals surface area contributed by atoms with Crippen LogP contribution in [0.2, 0.25) is 0 Å². The number of benzene rings is 2. The molecular formula is C28H36N8O4. The van der Waals surface area contributed by atoms with Crippen molar-refractivity contribution in [3.8, 4) is 11.3 Å². The molecule has 0 spiro atoms. The molecule has 0 saturated carbocycles. The number of nitrogens with one attached hydrogen (secondary N) is 4. The first kappa shape index (κ1) is 29.8. The average Bonchev–Trinajstić information content (AvgIpc) is 2.93. The summed E-state index contributed by atoms with van der Waals surface area (Å²) in [5, 5.41) is 25.4. The number of amides is 2. The lowest BCUT2D eigenvalue weighted by atomic mass is 10.1. The number of amidine groups is 1. The van der Waals surface area contributed by atoms with Gasteiger partial charge in [0.1, 0.15) is 12.4 Å². The molecule has 3 rings (SSSR count). The summed E-state index contributed by atoms with van der Waals surface area (Å²) in [6.45, 7) is 5.16. The van der Waals surface area contributed by atoms with Crippen molar-refractivity contribution < 1.29 is 14.7 Å². The van der Waals surface area contributed by atoms with Crippen molar-refractivity contribution in [3.05, 3.63) is 75.7 Å². The number of hydrogen-bond acceptors (Lipinski definition) is 8. The van der Waals surface area contributed by atoms with Crippen LogP contribution in [-0.2, 0) is 17.9 Å². The van der Waals surface area contributed by atoms with E-state index in [1.165, 1.54) is 10.8 Å². The molecule has 1 aromatic heterocycles. The van der Waals surface area contributed by atoms with Crippen molar-refractivity contribution in [2.75, 3.05) is 17.7 Å². The Morgan fingerprint density at radius 3 is 2.42 bits per heavy atom. The van der Waals surface area contributed by atoms with Gasteiger partial charge in [0.05, 0.1) is 18.5 Å². The van der Waals surface area contributed by atoms with Crippen LogP contribution in [0.25, 0.3) is 11.3 Å². The van der Waals surface area contributed by atoms with Gasteiger partial charge >= 0.3 is 0 Å². The molecule has 1 unspecified atom stereocenters. The molecule has 40 heavy (non-hydrogen) atoms. The fraction of sp³-hybridized carbons (Fsp3) is 0.321. The molecule has 3 aromatic rings. The van der Waals surface area contributed by atoms with Crippen LogP contribution in [0.3, 0.4) is 0 Å².